The maximum absolute atomic E-state index is 13.6. The largest absolute Gasteiger partial charge is 0.493 e. The molecule has 0 saturated carbocycles. The number of ether oxygens (including phenoxy) is 2. The first kappa shape index (κ1) is 22.0. The Morgan fingerprint density at radius 2 is 1.84 bits per heavy atom. The third-order valence-corrected chi connectivity index (χ3v) is 6.43. The first-order valence-corrected chi connectivity index (χ1v) is 11.1. The number of nitrogens with one attached hydrogen (secondary N) is 1. The maximum Gasteiger partial charge on any atom is 0.162 e. The van der Waals surface area contributed by atoms with E-state index in [0.717, 1.165) is 38.3 Å². The molecule has 1 unspecified atom stereocenters. The number of hydrogen-bond acceptors (Lipinski definition) is 7. The average Bonchev–Trinajstić information content (AvgIpc) is 3.28. The van der Waals surface area contributed by atoms with E-state index in [0.29, 0.717) is 17.3 Å². The minimum atomic E-state index is -0.280. The van der Waals surface area contributed by atoms with Crippen molar-refractivity contribution < 1.29 is 13.9 Å². The molecule has 0 aliphatic carbocycles. The molecule has 0 spiro atoms. The quantitative estimate of drug-likeness (QED) is 0.388. The molecule has 4 aromatic rings. The van der Waals surface area contributed by atoms with Gasteiger partial charge < -0.3 is 20.5 Å². The van der Waals surface area contributed by atoms with Crippen LogP contribution in [0.4, 0.5) is 10.2 Å². The molecule has 0 aliphatic heterocycles. The van der Waals surface area contributed by atoms with Gasteiger partial charge in [-0.1, -0.05) is 6.07 Å². The van der Waals surface area contributed by atoms with E-state index in [1.165, 1.54) is 12.1 Å². The molecule has 0 fully saturated rings. The lowest BCUT2D eigenvalue weighted by Gasteiger charge is -2.16. The van der Waals surface area contributed by atoms with E-state index < -0.39 is 0 Å². The summed E-state index contributed by atoms with van der Waals surface area (Å²) in [4.78, 5) is 10.3. The molecule has 32 heavy (non-hydrogen) atoms. The van der Waals surface area contributed by atoms with Gasteiger partial charge in [-0.3, -0.25) is 0 Å². The molecular weight excluding hydrogens is 427 g/mol. The number of aryl methyl sites for hydroxylation is 1. The van der Waals surface area contributed by atoms with Crippen LogP contribution in [-0.4, -0.2) is 24.2 Å². The summed E-state index contributed by atoms with van der Waals surface area (Å²) in [7, 11) is 3.21. The molecule has 6 nitrogen and oxygen atoms in total. The minimum absolute atomic E-state index is 0.0129. The molecule has 0 bridgehead atoms. The van der Waals surface area contributed by atoms with Gasteiger partial charge in [-0.15, -0.1) is 11.3 Å². The van der Waals surface area contributed by atoms with Gasteiger partial charge >= 0.3 is 0 Å². The Labute approximate surface area is 190 Å². The van der Waals surface area contributed by atoms with Crippen LogP contribution >= 0.6 is 11.3 Å². The lowest BCUT2D eigenvalue weighted by atomic mass is 10.0. The predicted molar refractivity (Wildman–Crippen MR) is 127 cm³/mol. The average molecular weight is 453 g/mol. The first-order valence-electron chi connectivity index (χ1n) is 10.2. The molecule has 2 heterocycles. The third-order valence-electron chi connectivity index (χ3n) is 5.31. The van der Waals surface area contributed by atoms with E-state index in [-0.39, 0.29) is 18.4 Å². The molecule has 4 rings (SSSR count). The highest BCUT2D eigenvalue weighted by molar-refractivity contribution is 7.10. The number of aromatic nitrogens is 2. The van der Waals surface area contributed by atoms with Crippen molar-refractivity contribution in [3.63, 3.8) is 0 Å². The highest BCUT2D eigenvalue weighted by Gasteiger charge is 2.16. The fraction of sp³-hybridized carbons (Fsp3) is 0.250. The predicted octanol–water partition coefficient (Wildman–Crippen LogP) is 5.45. The Morgan fingerprint density at radius 1 is 1.09 bits per heavy atom. The highest BCUT2D eigenvalue weighted by Crippen LogP contribution is 2.36. The lowest BCUT2D eigenvalue weighted by molar-refractivity contribution is 0.356. The van der Waals surface area contributed by atoms with E-state index >= 15 is 0 Å². The Hall–Kier alpha value is -3.23. The fourth-order valence-corrected chi connectivity index (χ4v) is 4.61. The number of rotatable bonds is 7. The summed E-state index contributed by atoms with van der Waals surface area (Å²) in [5, 5.41) is 6.43. The zero-order valence-electron chi connectivity index (χ0n) is 18.4. The Kier molecular flexibility index (Phi) is 6.25. The van der Waals surface area contributed by atoms with Gasteiger partial charge in [-0.05, 0) is 60.2 Å². The van der Waals surface area contributed by atoms with Crippen molar-refractivity contribution in [2.75, 3.05) is 19.5 Å². The van der Waals surface area contributed by atoms with Crippen LogP contribution in [0.25, 0.3) is 22.0 Å². The van der Waals surface area contributed by atoms with Crippen molar-refractivity contribution >= 4 is 28.1 Å². The second-order valence-electron chi connectivity index (χ2n) is 7.45. The van der Waals surface area contributed by atoms with Gasteiger partial charge in [-0.25, -0.2) is 14.4 Å². The standard InChI is InChI=1S/C24H25FN4O2S/c1-13(23-8-16(12-32-23)18-6-5-17(25)7-15(18)11-26)27-24-19-9-21(30-3)22(31-4)10-20(19)28-14(2)29-24/h5-10,12-13H,11,26H2,1-4H3,(H,27,28,29). The SMILES string of the molecule is COc1cc2nc(C)nc(NC(C)c3cc(-c4ccc(F)cc4CN)cs3)c2cc1OC. The van der Waals surface area contributed by atoms with E-state index in [9.17, 15) is 4.39 Å². The number of thiophene rings is 1. The molecule has 0 amide bonds. The zero-order valence-corrected chi connectivity index (χ0v) is 19.2. The summed E-state index contributed by atoms with van der Waals surface area (Å²) in [6.07, 6.45) is 0. The smallest absolute Gasteiger partial charge is 0.162 e. The number of nitrogens with zero attached hydrogens (tertiary/aromatic N) is 2. The van der Waals surface area contributed by atoms with Crippen LogP contribution in [0.5, 0.6) is 11.5 Å². The van der Waals surface area contributed by atoms with E-state index in [2.05, 4.69) is 33.7 Å². The number of fused-ring (bicyclic) bond motifs is 1. The van der Waals surface area contributed by atoms with Crippen LogP contribution in [0.15, 0.2) is 41.8 Å². The van der Waals surface area contributed by atoms with Crippen molar-refractivity contribution in [1.82, 2.24) is 9.97 Å². The van der Waals surface area contributed by atoms with E-state index in [1.807, 2.05) is 19.1 Å². The molecule has 0 aliphatic rings. The van der Waals surface area contributed by atoms with Gasteiger partial charge in [-0.2, -0.15) is 0 Å². The van der Waals surface area contributed by atoms with Crippen LogP contribution in [0, 0.1) is 12.7 Å². The van der Waals surface area contributed by atoms with Gasteiger partial charge in [0.2, 0.25) is 0 Å². The minimum Gasteiger partial charge on any atom is -0.493 e. The number of benzene rings is 2. The van der Waals surface area contributed by atoms with Crippen molar-refractivity contribution in [3.8, 4) is 22.6 Å². The summed E-state index contributed by atoms with van der Waals surface area (Å²) in [6.45, 7) is 4.22. The number of halogens is 1. The molecule has 3 N–H and O–H groups in total. The van der Waals surface area contributed by atoms with Crippen molar-refractivity contribution in [2.45, 2.75) is 26.4 Å². The van der Waals surface area contributed by atoms with Gasteiger partial charge in [0.05, 0.1) is 25.8 Å². The third kappa shape index (κ3) is 4.24. The monoisotopic (exact) mass is 452 g/mol. The Morgan fingerprint density at radius 3 is 2.56 bits per heavy atom. The van der Waals surface area contributed by atoms with Crippen LogP contribution in [0.2, 0.25) is 0 Å². The molecule has 8 heteroatoms. The molecular formula is C24H25FN4O2S. The Bertz CT molecular complexity index is 1270. The van der Waals surface area contributed by atoms with E-state index in [1.54, 1.807) is 31.6 Å². The summed E-state index contributed by atoms with van der Waals surface area (Å²) >= 11 is 1.63. The summed E-state index contributed by atoms with van der Waals surface area (Å²) in [6, 6.07) is 10.6. The number of nitrogens with two attached hydrogens (primary N) is 1. The van der Waals surface area contributed by atoms with Gasteiger partial charge in [0.1, 0.15) is 17.5 Å². The maximum atomic E-state index is 13.6. The topological polar surface area (TPSA) is 82.3 Å². The lowest BCUT2D eigenvalue weighted by Crippen LogP contribution is -2.08. The number of anilines is 1. The van der Waals surface area contributed by atoms with Crippen LogP contribution in [0.3, 0.4) is 0 Å². The zero-order chi connectivity index (χ0) is 22.8. The molecule has 166 valence electrons. The van der Waals surface area contributed by atoms with Crippen molar-refractivity contribution in [3.05, 3.63) is 63.9 Å². The molecule has 0 radical (unpaired) electrons. The highest BCUT2D eigenvalue weighted by atomic mass is 32.1. The molecule has 1 atom stereocenters. The second kappa shape index (κ2) is 9.10. The van der Waals surface area contributed by atoms with Crippen LogP contribution in [0.1, 0.15) is 29.2 Å². The molecule has 2 aromatic heterocycles. The molecule has 2 aromatic carbocycles. The summed E-state index contributed by atoms with van der Waals surface area (Å²) in [5.74, 6) is 2.34. The second-order valence-corrected chi connectivity index (χ2v) is 8.40. The first-order chi connectivity index (χ1) is 15.4. The summed E-state index contributed by atoms with van der Waals surface area (Å²) < 4.78 is 24.5. The fourth-order valence-electron chi connectivity index (χ4n) is 3.69. The number of hydrogen-bond donors (Lipinski definition) is 2. The number of methoxy groups -OCH3 is 2. The van der Waals surface area contributed by atoms with Crippen molar-refractivity contribution in [1.29, 1.82) is 0 Å². The van der Waals surface area contributed by atoms with Gasteiger partial charge in [0, 0.05) is 22.9 Å². The Balaban J connectivity index is 1.67. The van der Waals surface area contributed by atoms with E-state index in [4.69, 9.17) is 15.2 Å². The molecule has 0 saturated heterocycles. The van der Waals surface area contributed by atoms with Crippen LogP contribution < -0.4 is 20.5 Å². The normalized spacial score (nSPS) is 12.1. The van der Waals surface area contributed by atoms with Crippen LogP contribution in [-0.2, 0) is 6.54 Å². The summed E-state index contributed by atoms with van der Waals surface area (Å²) in [5.41, 5.74) is 9.36. The van der Waals surface area contributed by atoms with Gasteiger partial charge in [0.25, 0.3) is 0 Å². The van der Waals surface area contributed by atoms with Crippen molar-refractivity contribution in [2.24, 2.45) is 5.73 Å². The van der Waals surface area contributed by atoms with Gasteiger partial charge in [0.15, 0.2) is 11.5 Å².